The minimum absolute atomic E-state index is 0.0310. The number of aromatic nitrogens is 1. The zero-order valence-electron chi connectivity index (χ0n) is 23.4. The highest BCUT2D eigenvalue weighted by Gasteiger charge is 2.41. The topological polar surface area (TPSA) is 76.9 Å². The molecule has 2 heterocycles. The van der Waals surface area contributed by atoms with Crippen molar-refractivity contribution in [3.05, 3.63) is 77.0 Å². The first-order valence-corrected chi connectivity index (χ1v) is 13.2. The van der Waals surface area contributed by atoms with Gasteiger partial charge in [-0.05, 0) is 68.1 Å². The molecule has 2 atom stereocenters. The molecule has 0 spiro atoms. The minimum atomic E-state index is -5.06. The van der Waals surface area contributed by atoms with Crippen LogP contribution in [0.15, 0.2) is 54.7 Å². The van der Waals surface area contributed by atoms with Crippen LogP contribution in [0.5, 0.6) is 0 Å². The van der Waals surface area contributed by atoms with Crippen LogP contribution < -0.4 is 9.80 Å². The molecular formula is C30H31F6N3O3. The fourth-order valence-electron chi connectivity index (χ4n) is 5.06. The van der Waals surface area contributed by atoms with Gasteiger partial charge in [0, 0.05) is 25.7 Å². The van der Waals surface area contributed by atoms with Gasteiger partial charge in [0.2, 0.25) is 5.91 Å². The maximum Gasteiger partial charge on any atom is 0.416 e. The molecule has 1 amide bonds. The quantitative estimate of drug-likeness (QED) is 0.356. The molecule has 6 nitrogen and oxygen atoms in total. The second-order valence-electron chi connectivity index (χ2n) is 11.0. The minimum Gasteiger partial charge on any atom is -0.390 e. The van der Waals surface area contributed by atoms with E-state index >= 15 is 0 Å². The molecule has 2 N–H and O–H groups in total. The Morgan fingerprint density at radius 3 is 2.02 bits per heavy atom. The molecule has 1 fully saturated rings. The second kappa shape index (κ2) is 11.2. The third-order valence-corrected chi connectivity index (χ3v) is 7.68. The zero-order chi connectivity index (χ0) is 31.2. The first-order valence-electron chi connectivity index (χ1n) is 13.2. The van der Waals surface area contributed by atoms with Crippen molar-refractivity contribution in [2.75, 3.05) is 29.9 Å². The largest absolute Gasteiger partial charge is 0.416 e. The lowest BCUT2D eigenvalue weighted by Gasteiger charge is -2.35. The van der Waals surface area contributed by atoms with Crippen LogP contribution in [0.4, 0.5) is 37.8 Å². The first-order chi connectivity index (χ1) is 19.4. The molecule has 226 valence electrons. The van der Waals surface area contributed by atoms with E-state index in [0.717, 1.165) is 11.1 Å². The number of halogens is 6. The summed E-state index contributed by atoms with van der Waals surface area (Å²) in [6.45, 7) is 4.94. The van der Waals surface area contributed by atoms with E-state index in [-0.39, 0.29) is 18.3 Å². The van der Waals surface area contributed by atoms with Gasteiger partial charge in [-0.3, -0.25) is 4.79 Å². The highest BCUT2D eigenvalue weighted by Crippen LogP contribution is 2.41. The smallest absolute Gasteiger partial charge is 0.390 e. The number of nitrogens with zero attached hydrogens (tertiary/aromatic N) is 3. The number of rotatable bonds is 5. The molecule has 3 aromatic rings. The summed E-state index contributed by atoms with van der Waals surface area (Å²) in [6, 6.07) is 10.2. The maximum absolute atomic E-state index is 13.9. The monoisotopic (exact) mass is 595 g/mol. The molecule has 4 rings (SSSR count). The van der Waals surface area contributed by atoms with Crippen LogP contribution in [0.25, 0.3) is 11.1 Å². The summed E-state index contributed by atoms with van der Waals surface area (Å²) >= 11 is 0. The average Bonchev–Trinajstić information content (AvgIpc) is 2.92. The zero-order valence-corrected chi connectivity index (χ0v) is 23.4. The molecule has 12 heteroatoms. The summed E-state index contributed by atoms with van der Waals surface area (Å²) in [5.41, 5.74) is -2.85. The molecule has 1 aliphatic heterocycles. The lowest BCUT2D eigenvalue weighted by atomic mass is 9.81. The summed E-state index contributed by atoms with van der Waals surface area (Å²) in [5, 5.41) is 20.1. The lowest BCUT2D eigenvalue weighted by Crippen LogP contribution is -2.47. The number of pyridine rings is 1. The summed E-state index contributed by atoms with van der Waals surface area (Å²) in [6.07, 6.45) is -10.2. The third kappa shape index (κ3) is 6.24. The Labute approximate surface area is 239 Å². The number of hydrogen-bond acceptors (Lipinski definition) is 5. The number of aliphatic hydroxyl groups excluding tert-OH is 2. The number of carbonyl (C=O) groups excluding carboxylic acids is 1. The first kappa shape index (κ1) is 31.3. The van der Waals surface area contributed by atoms with Gasteiger partial charge >= 0.3 is 12.4 Å². The Kier molecular flexibility index (Phi) is 8.36. The van der Waals surface area contributed by atoms with Gasteiger partial charge in [-0.15, -0.1) is 0 Å². The molecule has 1 saturated heterocycles. The van der Waals surface area contributed by atoms with Crippen LogP contribution in [0.1, 0.15) is 42.5 Å². The molecule has 1 aliphatic rings. The number of benzene rings is 2. The predicted octanol–water partition coefficient (Wildman–Crippen LogP) is 5.97. The number of alkyl halides is 6. The molecule has 42 heavy (non-hydrogen) atoms. The van der Waals surface area contributed by atoms with Gasteiger partial charge < -0.3 is 20.0 Å². The number of aliphatic hydroxyl groups is 2. The van der Waals surface area contributed by atoms with Gasteiger partial charge in [0.1, 0.15) is 5.82 Å². The van der Waals surface area contributed by atoms with Crippen LogP contribution in [-0.2, 0) is 22.6 Å². The van der Waals surface area contributed by atoms with E-state index < -0.39 is 52.6 Å². The third-order valence-electron chi connectivity index (χ3n) is 7.68. The van der Waals surface area contributed by atoms with Crippen molar-refractivity contribution < 1.29 is 41.4 Å². The van der Waals surface area contributed by atoms with Gasteiger partial charge in [0.25, 0.3) is 0 Å². The molecular weight excluding hydrogens is 564 g/mol. The lowest BCUT2D eigenvalue weighted by molar-refractivity contribution is -0.143. The molecule has 0 radical (unpaired) electrons. The molecule has 0 bridgehead atoms. The van der Waals surface area contributed by atoms with E-state index in [1.54, 1.807) is 17.0 Å². The van der Waals surface area contributed by atoms with E-state index in [2.05, 4.69) is 4.98 Å². The molecule has 0 saturated carbocycles. The van der Waals surface area contributed by atoms with E-state index in [0.29, 0.717) is 36.5 Å². The molecule has 0 aliphatic carbocycles. The van der Waals surface area contributed by atoms with Crippen LogP contribution >= 0.6 is 0 Å². The summed E-state index contributed by atoms with van der Waals surface area (Å²) in [4.78, 5) is 21.3. The number of amides is 1. The summed E-state index contributed by atoms with van der Waals surface area (Å²) in [7, 11) is 1.39. The second-order valence-corrected chi connectivity index (χ2v) is 11.0. The molecule has 1 aromatic heterocycles. The van der Waals surface area contributed by atoms with Gasteiger partial charge in [-0.2, -0.15) is 26.3 Å². The van der Waals surface area contributed by atoms with Crippen LogP contribution in [0.3, 0.4) is 0 Å². The normalized spacial score (nSPS) is 18.2. The number of likely N-dealkylation sites (N-methyl/N-ethyl adjacent to an activating group) is 1. The van der Waals surface area contributed by atoms with Crippen molar-refractivity contribution in [1.82, 2.24) is 4.98 Å². The van der Waals surface area contributed by atoms with Crippen molar-refractivity contribution in [1.29, 1.82) is 0 Å². The van der Waals surface area contributed by atoms with Crippen molar-refractivity contribution in [2.24, 2.45) is 0 Å². The average molecular weight is 596 g/mol. The van der Waals surface area contributed by atoms with E-state index in [9.17, 15) is 41.4 Å². The standard InChI is InChI=1S/C30H31F6N3O3/c1-17-7-5-6-8-21(17)22-14-26(39-10-9-24(40)25(41)16-39)37-15-23(22)38(4)27(42)28(2,3)18-11-19(29(31,32)33)13-20(12-18)30(34,35)36/h5-8,11-15,24-25,40-41H,9-10,16H2,1-4H3. The van der Waals surface area contributed by atoms with Gasteiger partial charge in [-0.25, -0.2) is 4.98 Å². The van der Waals surface area contributed by atoms with Crippen molar-refractivity contribution in [2.45, 2.75) is 57.2 Å². The predicted molar refractivity (Wildman–Crippen MR) is 146 cm³/mol. The van der Waals surface area contributed by atoms with E-state index in [1.807, 2.05) is 25.1 Å². The Morgan fingerprint density at radius 2 is 1.48 bits per heavy atom. The highest BCUT2D eigenvalue weighted by atomic mass is 19.4. The van der Waals surface area contributed by atoms with E-state index in [1.165, 1.54) is 32.0 Å². The van der Waals surface area contributed by atoms with Gasteiger partial charge in [-0.1, -0.05) is 24.3 Å². The van der Waals surface area contributed by atoms with Crippen molar-refractivity contribution in [3.63, 3.8) is 0 Å². The van der Waals surface area contributed by atoms with E-state index in [4.69, 9.17) is 0 Å². The molecule has 2 unspecified atom stereocenters. The fourth-order valence-corrected chi connectivity index (χ4v) is 5.06. The fraction of sp³-hybridized carbons (Fsp3) is 0.400. The van der Waals surface area contributed by atoms with Crippen molar-refractivity contribution >= 4 is 17.4 Å². The Bertz CT molecular complexity index is 1440. The highest BCUT2D eigenvalue weighted by molar-refractivity contribution is 6.03. The summed E-state index contributed by atoms with van der Waals surface area (Å²) in [5.74, 6) is -0.286. The Morgan fingerprint density at radius 1 is 0.905 bits per heavy atom. The van der Waals surface area contributed by atoms with Crippen LogP contribution in [0.2, 0.25) is 0 Å². The number of anilines is 2. The number of aryl methyl sites for hydroxylation is 1. The number of piperidine rings is 1. The van der Waals surface area contributed by atoms with Gasteiger partial charge in [0.15, 0.2) is 0 Å². The number of β-amino-alcohol motifs (C(OH)–C–C–N with tert-alkyl or cyclic N) is 1. The Hall–Kier alpha value is -3.64. The number of hydrogen-bond donors (Lipinski definition) is 2. The van der Waals surface area contributed by atoms with Gasteiger partial charge in [0.05, 0.1) is 40.6 Å². The maximum atomic E-state index is 13.9. The summed E-state index contributed by atoms with van der Waals surface area (Å²) < 4.78 is 81.4. The number of carbonyl (C=O) groups is 1. The van der Waals surface area contributed by atoms with Crippen LogP contribution in [-0.4, -0.2) is 53.4 Å². The van der Waals surface area contributed by atoms with Crippen molar-refractivity contribution in [3.8, 4) is 11.1 Å². The SMILES string of the molecule is Cc1ccccc1-c1cc(N2CCC(O)C(O)C2)ncc1N(C)C(=O)C(C)(C)c1cc(C(F)(F)F)cc(C(F)(F)F)c1. The Balaban J connectivity index is 1.80. The molecule has 2 aromatic carbocycles. The van der Waals surface area contributed by atoms with Crippen LogP contribution in [0, 0.1) is 6.92 Å².